The third kappa shape index (κ3) is 5.60. The summed E-state index contributed by atoms with van der Waals surface area (Å²) >= 11 is 0. The maximum Gasteiger partial charge on any atom is 0.258 e. The van der Waals surface area contributed by atoms with E-state index in [-0.39, 0.29) is 42.6 Å². The molecule has 34 heavy (non-hydrogen) atoms. The Balaban J connectivity index is 0.00000204. The normalized spacial score (nSPS) is 16.9. The second-order valence-corrected chi connectivity index (χ2v) is 7.52. The van der Waals surface area contributed by atoms with Crippen molar-refractivity contribution in [3.05, 3.63) is 77.6 Å². The summed E-state index contributed by atoms with van der Waals surface area (Å²) in [5.41, 5.74) is 3.62. The summed E-state index contributed by atoms with van der Waals surface area (Å²) in [6.45, 7) is 0. The Morgan fingerprint density at radius 3 is 2.29 bits per heavy atom. The molecule has 3 aromatic rings. The Labute approximate surface area is 205 Å². The van der Waals surface area contributed by atoms with E-state index in [4.69, 9.17) is 10.5 Å². The topological polar surface area (TPSA) is 77.2 Å². The smallest absolute Gasteiger partial charge is 0.258 e. The lowest BCUT2D eigenvalue weighted by atomic mass is 9.99. The SMILES string of the molecule is Cl.Cl.N[C@H]1CC[C@H](Oc2ccncc2NC(=O)c2ccc(F)c(-c3c(F)cccc3F)c2F)C1. The van der Waals surface area contributed by atoms with Gasteiger partial charge in [-0.3, -0.25) is 9.78 Å². The zero-order valence-corrected chi connectivity index (χ0v) is 19.2. The van der Waals surface area contributed by atoms with Gasteiger partial charge in [0.2, 0.25) is 0 Å². The van der Waals surface area contributed by atoms with E-state index in [0.29, 0.717) is 12.2 Å². The fourth-order valence-corrected chi connectivity index (χ4v) is 3.72. The van der Waals surface area contributed by atoms with Gasteiger partial charge in [0.25, 0.3) is 5.91 Å². The number of halogens is 6. The quantitative estimate of drug-likeness (QED) is 0.428. The molecular weight excluding hydrogens is 497 g/mol. The van der Waals surface area contributed by atoms with Gasteiger partial charge in [-0.1, -0.05) is 6.07 Å². The van der Waals surface area contributed by atoms with Gasteiger partial charge < -0.3 is 15.8 Å². The van der Waals surface area contributed by atoms with E-state index in [9.17, 15) is 18.0 Å². The Morgan fingerprint density at radius 2 is 1.65 bits per heavy atom. The second-order valence-electron chi connectivity index (χ2n) is 7.52. The largest absolute Gasteiger partial charge is 0.488 e. The van der Waals surface area contributed by atoms with Crippen molar-refractivity contribution in [1.82, 2.24) is 4.98 Å². The van der Waals surface area contributed by atoms with Crippen LogP contribution in [-0.2, 0) is 0 Å². The van der Waals surface area contributed by atoms with Gasteiger partial charge in [0.1, 0.15) is 40.8 Å². The molecule has 1 amide bonds. The highest BCUT2D eigenvalue weighted by Gasteiger charge is 2.26. The number of hydrogen-bond acceptors (Lipinski definition) is 4. The molecule has 1 heterocycles. The minimum Gasteiger partial charge on any atom is -0.488 e. The number of hydrogen-bond donors (Lipinski definition) is 2. The summed E-state index contributed by atoms with van der Waals surface area (Å²) in [4.78, 5) is 16.7. The van der Waals surface area contributed by atoms with Crippen LogP contribution >= 0.6 is 24.8 Å². The molecule has 1 aliphatic rings. The summed E-state index contributed by atoms with van der Waals surface area (Å²) in [5, 5.41) is 2.47. The molecule has 1 aromatic heterocycles. The Morgan fingerprint density at radius 1 is 0.971 bits per heavy atom. The first-order chi connectivity index (χ1) is 15.3. The Hall–Kier alpha value is -2.88. The first kappa shape index (κ1) is 27.4. The number of nitrogens with two attached hydrogens (primary N) is 1. The molecule has 4 rings (SSSR count). The number of carbonyl (C=O) groups is 1. The number of nitrogens with one attached hydrogen (secondary N) is 1. The number of pyridine rings is 1. The molecule has 0 saturated heterocycles. The number of nitrogens with zero attached hydrogens (tertiary/aromatic N) is 1. The third-order valence-corrected chi connectivity index (χ3v) is 5.30. The lowest BCUT2D eigenvalue weighted by molar-refractivity contribution is 0.102. The van der Waals surface area contributed by atoms with Crippen molar-refractivity contribution in [2.24, 2.45) is 5.73 Å². The molecule has 0 unspecified atom stereocenters. The van der Waals surface area contributed by atoms with Crippen LogP contribution in [-0.4, -0.2) is 23.0 Å². The first-order valence-electron chi connectivity index (χ1n) is 9.95. The summed E-state index contributed by atoms with van der Waals surface area (Å²) < 4.78 is 63.6. The molecule has 3 N–H and O–H groups in total. The first-order valence-corrected chi connectivity index (χ1v) is 9.95. The van der Waals surface area contributed by atoms with Crippen LogP contribution in [0.5, 0.6) is 5.75 Å². The van der Waals surface area contributed by atoms with E-state index in [2.05, 4.69) is 10.3 Å². The van der Waals surface area contributed by atoms with Crippen molar-refractivity contribution >= 4 is 36.4 Å². The number of carbonyl (C=O) groups excluding carboxylic acids is 1. The van der Waals surface area contributed by atoms with Crippen molar-refractivity contribution in [1.29, 1.82) is 0 Å². The fraction of sp³-hybridized carbons (Fsp3) is 0.217. The van der Waals surface area contributed by atoms with Crippen LogP contribution in [0.15, 0.2) is 48.8 Å². The predicted molar refractivity (Wildman–Crippen MR) is 125 cm³/mol. The van der Waals surface area contributed by atoms with Crippen molar-refractivity contribution in [3.63, 3.8) is 0 Å². The number of benzene rings is 2. The van der Waals surface area contributed by atoms with E-state index in [0.717, 1.165) is 43.2 Å². The van der Waals surface area contributed by atoms with Crippen molar-refractivity contribution in [3.8, 4) is 16.9 Å². The minimum absolute atomic E-state index is 0. The average molecular weight is 518 g/mol. The van der Waals surface area contributed by atoms with Gasteiger partial charge in [0.05, 0.1) is 22.9 Å². The number of ether oxygens (including phenoxy) is 1. The van der Waals surface area contributed by atoms with Crippen molar-refractivity contribution < 1.29 is 27.1 Å². The van der Waals surface area contributed by atoms with E-state index in [1.165, 1.54) is 12.4 Å². The molecular formula is C23H21Cl2F4N3O2. The predicted octanol–water partition coefficient (Wildman–Crippen LogP) is 5.66. The highest BCUT2D eigenvalue weighted by atomic mass is 35.5. The van der Waals surface area contributed by atoms with E-state index in [1.54, 1.807) is 6.07 Å². The van der Waals surface area contributed by atoms with Crippen LogP contribution in [0.2, 0.25) is 0 Å². The van der Waals surface area contributed by atoms with Crippen LogP contribution in [0.3, 0.4) is 0 Å². The van der Waals surface area contributed by atoms with Gasteiger partial charge in [0.15, 0.2) is 0 Å². The molecule has 2 atom stereocenters. The number of amides is 1. The maximum absolute atomic E-state index is 15.1. The zero-order valence-electron chi connectivity index (χ0n) is 17.6. The van der Waals surface area contributed by atoms with Gasteiger partial charge in [-0.15, -0.1) is 24.8 Å². The van der Waals surface area contributed by atoms with Crippen molar-refractivity contribution in [2.45, 2.75) is 31.4 Å². The third-order valence-electron chi connectivity index (χ3n) is 5.30. The molecule has 182 valence electrons. The molecule has 0 bridgehead atoms. The van der Waals surface area contributed by atoms with Crippen molar-refractivity contribution in [2.75, 3.05) is 5.32 Å². The Kier molecular flexibility index (Phi) is 9.26. The lowest BCUT2D eigenvalue weighted by Gasteiger charge is -2.17. The lowest BCUT2D eigenvalue weighted by Crippen LogP contribution is -2.20. The van der Waals surface area contributed by atoms with Gasteiger partial charge in [-0.2, -0.15) is 0 Å². The molecule has 0 radical (unpaired) electrons. The minimum atomic E-state index is -1.39. The maximum atomic E-state index is 15.1. The number of rotatable bonds is 5. The zero-order chi connectivity index (χ0) is 22.8. The molecule has 1 fully saturated rings. The second kappa shape index (κ2) is 11.5. The summed E-state index contributed by atoms with van der Waals surface area (Å²) in [6.07, 6.45) is 4.87. The van der Waals surface area contributed by atoms with Crippen LogP contribution in [0.25, 0.3) is 11.1 Å². The van der Waals surface area contributed by atoms with Crippen LogP contribution in [0.1, 0.15) is 29.6 Å². The summed E-state index contributed by atoms with van der Waals surface area (Å²) in [7, 11) is 0. The van der Waals surface area contributed by atoms with Crippen LogP contribution < -0.4 is 15.8 Å². The number of aromatic nitrogens is 1. The van der Waals surface area contributed by atoms with E-state index in [1.807, 2.05) is 0 Å². The molecule has 1 saturated carbocycles. The Bertz CT molecular complexity index is 1160. The average Bonchev–Trinajstić information content (AvgIpc) is 3.16. The highest BCUT2D eigenvalue weighted by Crippen LogP contribution is 2.33. The van der Waals surface area contributed by atoms with Gasteiger partial charge >= 0.3 is 0 Å². The fourth-order valence-electron chi connectivity index (χ4n) is 3.72. The standard InChI is InChI=1S/C23H19F4N3O2.2ClH/c24-15-2-1-3-16(25)20(15)21-17(26)7-6-14(22(21)27)23(31)30-18-11-29-9-8-19(18)32-13-5-4-12(28)10-13;;/h1-3,6-9,11-13H,4-5,10,28H2,(H,30,31);2*1H/t12-,13-;;/m0../s1. The molecule has 2 aromatic carbocycles. The summed E-state index contributed by atoms with van der Waals surface area (Å²) in [6, 6.07) is 6.07. The van der Waals surface area contributed by atoms with Crippen LogP contribution in [0.4, 0.5) is 23.2 Å². The van der Waals surface area contributed by atoms with Gasteiger partial charge in [-0.25, -0.2) is 17.6 Å². The molecule has 11 heteroatoms. The molecule has 1 aliphatic carbocycles. The van der Waals surface area contributed by atoms with Crippen LogP contribution in [0, 0.1) is 23.3 Å². The molecule has 5 nitrogen and oxygen atoms in total. The highest BCUT2D eigenvalue weighted by molar-refractivity contribution is 6.06. The monoisotopic (exact) mass is 517 g/mol. The molecule has 0 spiro atoms. The van der Waals surface area contributed by atoms with E-state index >= 15 is 4.39 Å². The van der Waals surface area contributed by atoms with Gasteiger partial charge in [0, 0.05) is 18.3 Å². The molecule has 0 aliphatic heterocycles. The van der Waals surface area contributed by atoms with E-state index < -0.39 is 45.9 Å². The van der Waals surface area contributed by atoms with Gasteiger partial charge in [-0.05, 0) is 43.5 Å². The number of anilines is 1. The summed E-state index contributed by atoms with van der Waals surface area (Å²) in [5.74, 6) is -5.54.